The molecule has 7 heteroatoms. The zero-order chi connectivity index (χ0) is 20.0. The first-order valence-corrected chi connectivity index (χ1v) is 10.2. The Kier molecular flexibility index (Phi) is 6.98. The molecule has 2 rings (SSSR count). The number of hydrogen-bond donors (Lipinski definition) is 2. The fraction of sp³-hybridized carbons (Fsp3) is 0.350. The number of benzene rings is 2. The van der Waals surface area contributed by atoms with Crippen LogP contribution in [0, 0.1) is 6.92 Å². The summed E-state index contributed by atoms with van der Waals surface area (Å²) in [5, 5.41) is 8.99. The molecule has 0 aromatic heterocycles. The number of carboxylic acids is 1. The third kappa shape index (κ3) is 6.08. The van der Waals surface area contributed by atoms with E-state index in [-0.39, 0.29) is 17.7 Å². The van der Waals surface area contributed by atoms with Gasteiger partial charge in [0.25, 0.3) is 0 Å². The van der Waals surface area contributed by atoms with Crippen LogP contribution in [0.25, 0.3) is 0 Å². The lowest BCUT2D eigenvalue weighted by atomic mass is 10.0. The fourth-order valence-electron chi connectivity index (χ4n) is 2.92. The molecule has 0 spiro atoms. The van der Waals surface area contributed by atoms with E-state index >= 15 is 0 Å². The van der Waals surface area contributed by atoms with Gasteiger partial charge >= 0.3 is 5.97 Å². The topological polar surface area (TPSA) is 86.7 Å². The minimum atomic E-state index is -3.77. The van der Waals surface area contributed by atoms with Crippen molar-refractivity contribution >= 4 is 21.7 Å². The van der Waals surface area contributed by atoms with Crippen LogP contribution in [0.1, 0.15) is 24.0 Å². The molecular formula is C20H26N2O4S. The van der Waals surface area contributed by atoms with Crippen LogP contribution in [0.3, 0.4) is 0 Å². The number of rotatable bonds is 9. The van der Waals surface area contributed by atoms with Gasteiger partial charge in [-0.15, -0.1) is 0 Å². The van der Waals surface area contributed by atoms with Crippen LogP contribution in [0.15, 0.2) is 53.4 Å². The Balaban J connectivity index is 2.26. The number of nitrogens with zero attached hydrogens (tertiary/aromatic N) is 1. The van der Waals surface area contributed by atoms with Crippen molar-refractivity contribution < 1.29 is 18.3 Å². The van der Waals surface area contributed by atoms with E-state index in [0.717, 1.165) is 16.8 Å². The van der Waals surface area contributed by atoms with E-state index in [4.69, 9.17) is 5.11 Å². The predicted octanol–water partition coefficient (Wildman–Crippen LogP) is 2.82. The summed E-state index contributed by atoms with van der Waals surface area (Å²) in [5.74, 6) is -0.947. The molecule has 0 amide bonds. The quantitative estimate of drug-likeness (QED) is 0.688. The summed E-state index contributed by atoms with van der Waals surface area (Å²) in [6.07, 6.45) is 0.548. The van der Waals surface area contributed by atoms with E-state index in [2.05, 4.69) is 4.72 Å². The average Bonchev–Trinajstić information content (AvgIpc) is 2.60. The summed E-state index contributed by atoms with van der Waals surface area (Å²) >= 11 is 0. The van der Waals surface area contributed by atoms with Crippen molar-refractivity contribution in [1.29, 1.82) is 0 Å². The molecule has 2 aromatic rings. The van der Waals surface area contributed by atoms with E-state index in [1.807, 2.05) is 56.3 Å². The molecule has 0 bridgehead atoms. The Morgan fingerprint density at radius 1 is 1.15 bits per heavy atom. The van der Waals surface area contributed by atoms with Crippen LogP contribution in [0.5, 0.6) is 0 Å². The summed E-state index contributed by atoms with van der Waals surface area (Å²) in [4.78, 5) is 13.0. The lowest BCUT2D eigenvalue weighted by Gasteiger charge is -2.20. The van der Waals surface area contributed by atoms with Gasteiger partial charge in [-0.3, -0.25) is 4.79 Å². The molecule has 6 nitrogen and oxygen atoms in total. The minimum Gasteiger partial charge on any atom is -0.481 e. The second-order valence-electron chi connectivity index (χ2n) is 6.78. The molecule has 0 heterocycles. The van der Waals surface area contributed by atoms with Crippen molar-refractivity contribution in [3.8, 4) is 0 Å². The van der Waals surface area contributed by atoms with Gasteiger partial charge in [-0.25, -0.2) is 13.1 Å². The molecule has 0 radical (unpaired) electrons. The molecular weight excluding hydrogens is 364 g/mol. The number of sulfonamides is 1. The van der Waals surface area contributed by atoms with Crippen molar-refractivity contribution in [3.05, 3.63) is 59.7 Å². The van der Waals surface area contributed by atoms with Gasteiger partial charge in [0.15, 0.2) is 0 Å². The summed E-state index contributed by atoms with van der Waals surface area (Å²) in [7, 11) is -0.0531. The fourth-order valence-corrected chi connectivity index (χ4v) is 4.21. The molecule has 0 aliphatic rings. The molecule has 0 aliphatic carbocycles. The van der Waals surface area contributed by atoms with Gasteiger partial charge in [0.2, 0.25) is 10.0 Å². The molecule has 2 aromatic carbocycles. The Hall–Kier alpha value is -2.38. The third-order valence-corrected chi connectivity index (χ3v) is 5.84. The van der Waals surface area contributed by atoms with Crippen molar-refractivity contribution in [3.63, 3.8) is 0 Å². The maximum Gasteiger partial charge on any atom is 0.303 e. The molecule has 0 saturated heterocycles. The summed E-state index contributed by atoms with van der Waals surface area (Å²) in [6, 6.07) is 13.9. The Labute approximate surface area is 160 Å². The summed E-state index contributed by atoms with van der Waals surface area (Å²) < 4.78 is 28.5. The van der Waals surface area contributed by atoms with Gasteiger partial charge in [-0.1, -0.05) is 36.4 Å². The zero-order valence-electron chi connectivity index (χ0n) is 15.8. The summed E-state index contributed by atoms with van der Waals surface area (Å²) in [6.45, 7) is 1.92. The van der Waals surface area contributed by atoms with Gasteiger partial charge in [-0.2, -0.15) is 0 Å². The normalized spacial score (nSPS) is 12.6. The van der Waals surface area contributed by atoms with Gasteiger partial charge in [-0.05, 0) is 43.0 Å². The highest BCUT2D eigenvalue weighted by molar-refractivity contribution is 7.89. The molecule has 1 unspecified atom stereocenters. The lowest BCUT2D eigenvalue weighted by molar-refractivity contribution is -0.137. The molecule has 0 aliphatic heterocycles. The molecule has 0 fully saturated rings. The lowest BCUT2D eigenvalue weighted by Crippen LogP contribution is -2.37. The largest absolute Gasteiger partial charge is 0.481 e. The Morgan fingerprint density at radius 3 is 2.41 bits per heavy atom. The van der Waals surface area contributed by atoms with Gasteiger partial charge < -0.3 is 10.0 Å². The first-order valence-electron chi connectivity index (χ1n) is 8.75. The molecule has 2 N–H and O–H groups in total. The Morgan fingerprint density at radius 2 is 1.81 bits per heavy atom. The van der Waals surface area contributed by atoms with Crippen molar-refractivity contribution in [2.45, 2.75) is 37.1 Å². The minimum absolute atomic E-state index is 0.100. The number of carboxylic acid groups (broad SMARTS) is 1. The average molecular weight is 391 g/mol. The van der Waals surface area contributed by atoms with Crippen LogP contribution in [0.4, 0.5) is 5.69 Å². The molecule has 1 atom stereocenters. The Bertz CT molecular complexity index is 880. The predicted molar refractivity (Wildman–Crippen MR) is 107 cm³/mol. The smallest absolute Gasteiger partial charge is 0.303 e. The van der Waals surface area contributed by atoms with Crippen LogP contribution in [0.2, 0.25) is 0 Å². The van der Waals surface area contributed by atoms with Gasteiger partial charge in [0.05, 0.1) is 4.90 Å². The highest BCUT2D eigenvalue weighted by atomic mass is 32.2. The number of carbonyl (C=O) groups is 1. The highest BCUT2D eigenvalue weighted by Gasteiger charge is 2.22. The number of hydrogen-bond acceptors (Lipinski definition) is 4. The number of anilines is 1. The van der Waals surface area contributed by atoms with Crippen LogP contribution >= 0.6 is 0 Å². The van der Waals surface area contributed by atoms with E-state index in [1.165, 1.54) is 0 Å². The monoisotopic (exact) mass is 390 g/mol. The number of nitrogens with one attached hydrogen (secondary N) is 1. The molecule has 27 heavy (non-hydrogen) atoms. The SMILES string of the molecule is Cc1ccc(S(=O)(=O)NC(CCC(=O)O)Cc2ccccc2)cc1N(C)C. The first-order chi connectivity index (χ1) is 12.7. The van der Waals surface area contributed by atoms with Crippen molar-refractivity contribution in [2.75, 3.05) is 19.0 Å². The van der Waals surface area contributed by atoms with E-state index in [1.54, 1.807) is 18.2 Å². The van der Waals surface area contributed by atoms with E-state index < -0.39 is 22.0 Å². The number of aliphatic carboxylic acids is 1. The number of aryl methyl sites for hydroxylation is 1. The maximum absolute atomic E-state index is 12.9. The van der Waals surface area contributed by atoms with Gasteiger partial charge in [0, 0.05) is 32.2 Å². The maximum atomic E-state index is 12.9. The van der Waals surface area contributed by atoms with Crippen molar-refractivity contribution in [1.82, 2.24) is 4.72 Å². The van der Waals surface area contributed by atoms with Crippen molar-refractivity contribution in [2.24, 2.45) is 0 Å². The molecule has 146 valence electrons. The van der Waals surface area contributed by atoms with Crippen LogP contribution in [-0.4, -0.2) is 39.6 Å². The highest BCUT2D eigenvalue weighted by Crippen LogP contribution is 2.23. The molecule has 0 saturated carbocycles. The second-order valence-corrected chi connectivity index (χ2v) is 8.50. The standard InChI is InChI=1S/C20H26N2O4S/c1-15-9-11-18(14-19(15)22(2)3)27(25,26)21-17(10-12-20(23)24)13-16-7-5-4-6-8-16/h4-9,11,14,17,21H,10,12-13H2,1-3H3,(H,23,24). The third-order valence-electron chi connectivity index (χ3n) is 4.33. The summed E-state index contributed by atoms with van der Waals surface area (Å²) in [5.41, 5.74) is 2.75. The first kappa shape index (κ1) is 20.9. The van der Waals surface area contributed by atoms with E-state index in [0.29, 0.717) is 6.42 Å². The van der Waals surface area contributed by atoms with E-state index in [9.17, 15) is 13.2 Å². The van der Waals surface area contributed by atoms with Crippen LogP contribution in [-0.2, 0) is 21.2 Å². The second kappa shape index (κ2) is 9.01. The van der Waals surface area contributed by atoms with Gasteiger partial charge in [0.1, 0.15) is 0 Å². The zero-order valence-corrected chi connectivity index (χ0v) is 16.7. The van der Waals surface area contributed by atoms with Crippen LogP contribution < -0.4 is 9.62 Å².